The van der Waals surface area contributed by atoms with Gasteiger partial charge in [-0.15, -0.1) is 0 Å². The number of hydrogen-bond acceptors (Lipinski definition) is 2. The quantitative estimate of drug-likeness (QED) is 0.543. The van der Waals surface area contributed by atoms with Gasteiger partial charge in [0, 0.05) is 6.42 Å². The molecule has 4 aliphatic carbocycles. The number of rotatable bonds is 5. The lowest BCUT2D eigenvalue weighted by Crippen LogP contribution is -2.62. The first-order valence-electron chi connectivity index (χ1n) is 13.0. The van der Waals surface area contributed by atoms with Crippen LogP contribution in [0.2, 0.25) is 0 Å². The Morgan fingerprint density at radius 3 is 2.34 bits per heavy atom. The molecule has 4 saturated carbocycles. The third-order valence-electron chi connectivity index (χ3n) is 11.0. The fourth-order valence-electron chi connectivity index (χ4n) is 9.25. The summed E-state index contributed by atoms with van der Waals surface area (Å²) >= 11 is 0. The van der Waals surface area contributed by atoms with Crippen LogP contribution in [0.25, 0.3) is 0 Å². The van der Waals surface area contributed by atoms with Crippen molar-refractivity contribution in [2.45, 2.75) is 123 Å². The van der Waals surface area contributed by atoms with Crippen molar-refractivity contribution in [1.82, 2.24) is 0 Å². The molecule has 9 atom stereocenters. The van der Waals surface area contributed by atoms with Gasteiger partial charge in [-0.3, -0.25) is 0 Å². The molecule has 2 heteroatoms. The van der Waals surface area contributed by atoms with Crippen LogP contribution in [0.4, 0.5) is 0 Å². The lowest BCUT2D eigenvalue weighted by molar-refractivity contribution is -0.220. The molecule has 0 aromatic rings. The number of fused-ring (bicyclic) bond motifs is 5. The second-order valence-corrected chi connectivity index (χ2v) is 12.8. The van der Waals surface area contributed by atoms with E-state index >= 15 is 0 Å². The SMILES string of the molecule is CC(C)CCC[C@H](C)C1CCC2C3CCC4(O)C[C@@H](O)CC[C@]4(C)C3CC[C@@]21C. The highest BCUT2D eigenvalue weighted by molar-refractivity contribution is 5.14. The average molecular weight is 405 g/mol. The summed E-state index contributed by atoms with van der Waals surface area (Å²) in [6.45, 7) is 12.3. The van der Waals surface area contributed by atoms with Crippen LogP contribution >= 0.6 is 0 Å². The van der Waals surface area contributed by atoms with Gasteiger partial charge in [0.05, 0.1) is 11.7 Å². The molecular formula is C27H48O2. The predicted molar refractivity (Wildman–Crippen MR) is 121 cm³/mol. The molecular weight excluding hydrogens is 356 g/mol. The Balaban J connectivity index is 1.49. The summed E-state index contributed by atoms with van der Waals surface area (Å²) < 4.78 is 0. The third kappa shape index (κ3) is 3.53. The highest BCUT2D eigenvalue weighted by Crippen LogP contribution is 2.69. The molecule has 0 aliphatic heterocycles. The number of aliphatic hydroxyl groups is 2. The topological polar surface area (TPSA) is 40.5 Å². The van der Waals surface area contributed by atoms with Gasteiger partial charge in [0.15, 0.2) is 0 Å². The van der Waals surface area contributed by atoms with E-state index in [1.165, 1.54) is 51.4 Å². The van der Waals surface area contributed by atoms with Gasteiger partial charge in [0.2, 0.25) is 0 Å². The van der Waals surface area contributed by atoms with Crippen molar-refractivity contribution in [3.05, 3.63) is 0 Å². The van der Waals surface area contributed by atoms with E-state index in [1.807, 2.05) is 0 Å². The van der Waals surface area contributed by atoms with Crippen molar-refractivity contribution in [1.29, 1.82) is 0 Å². The van der Waals surface area contributed by atoms with Crippen LogP contribution in [0.1, 0.15) is 112 Å². The van der Waals surface area contributed by atoms with Crippen molar-refractivity contribution in [2.75, 3.05) is 0 Å². The molecule has 2 nitrogen and oxygen atoms in total. The van der Waals surface area contributed by atoms with Gasteiger partial charge in [0.1, 0.15) is 0 Å². The van der Waals surface area contributed by atoms with Crippen LogP contribution in [0.5, 0.6) is 0 Å². The second-order valence-electron chi connectivity index (χ2n) is 12.8. The average Bonchev–Trinajstić information content (AvgIpc) is 2.99. The molecule has 0 bridgehead atoms. The molecule has 0 spiro atoms. The zero-order chi connectivity index (χ0) is 21.0. The van der Waals surface area contributed by atoms with Gasteiger partial charge in [-0.2, -0.15) is 0 Å². The van der Waals surface area contributed by atoms with E-state index in [1.54, 1.807) is 0 Å². The van der Waals surface area contributed by atoms with Gasteiger partial charge in [0.25, 0.3) is 0 Å². The maximum absolute atomic E-state index is 11.6. The molecule has 2 N–H and O–H groups in total. The minimum Gasteiger partial charge on any atom is -0.393 e. The summed E-state index contributed by atoms with van der Waals surface area (Å²) in [5.41, 5.74) is -0.0719. The van der Waals surface area contributed by atoms with Gasteiger partial charge in [-0.1, -0.05) is 53.9 Å². The number of hydrogen-bond donors (Lipinski definition) is 2. The Labute approximate surface area is 180 Å². The Hall–Kier alpha value is -0.0800. The maximum atomic E-state index is 11.6. The van der Waals surface area contributed by atoms with Crippen LogP contribution in [0.15, 0.2) is 0 Å². The van der Waals surface area contributed by atoms with Crippen LogP contribution in [0.3, 0.4) is 0 Å². The molecule has 5 unspecified atom stereocenters. The third-order valence-corrected chi connectivity index (χ3v) is 11.0. The predicted octanol–water partition coefficient (Wildman–Crippen LogP) is 6.58. The highest BCUT2D eigenvalue weighted by Gasteiger charge is 2.64. The molecule has 4 fully saturated rings. The Kier molecular flexibility index (Phi) is 5.95. The van der Waals surface area contributed by atoms with Crippen molar-refractivity contribution in [2.24, 2.45) is 46.3 Å². The summed E-state index contributed by atoms with van der Waals surface area (Å²) in [5, 5.41) is 21.8. The van der Waals surface area contributed by atoms with Gasteiger partial charge < -0.3 is 10.2 Å². The molecule has 0 aromatic heterocycles. The molecule has 29 heavy (non-hydrogen) atoms. The molecule has 0 aromatic carbocycles. The Morgan fingerprint density at radius 1 is 0.862 bits per heavy atom. The van der Waals surface area contributed by atoms with E-state index in [0.717, 1.165) is 48.9 Å². The minimum absolute atomic E-state index is 0.0252. The normalized spacial score (nSPS) is 50.7. The zero-order valence-electron chi connectivity index (χ0n) is 19.9. The zero-order valence-corrected chi connectivity index (χ0v) is 19.9. The Morgan fingerprint density at radius 2 is 1.62 bits per heavy atom. The van der Waals surface area contributed by atoms with Gasteiger partial charge in [-0.05, 0) is 97.7 Å². The van der Waals surface area contributed by atoms with Crippen molar-refractivity contribution in [3.8, 4) is 0 Å². The first kappa shape index (κ1) is 22.1. The molecule has 0 heterocycles. The van der Waals surface area contributed by atoms with Crippen LogP contribution in [0, 0.1) is 46.3 Å². The lowest BCUT2D eigenvalue weighted by Gasteiger charge is -2.64. The highest BCUT2D eigenvalue weighted by atomic mass is 16.3. The molecule has 168 valence electrons. The van der Waals surface area contributed by atoms with E-state index in [-0.39, 0.29) is 11.5 Å². The largest absolute Gasteiger partial charge is 0.393 e. The summed E-state index contributed by atoms with van der Waals surface area (Å²) in [6, 6.07) is 0. The van der Waals surface area contributed by atoms with Crippen molar-refractivity contribution < 1.29 is 10.2 Å². The van der Waals surface area contributed by atoms with E-state index < -0.39 is 5.60 Å². The standard InChI is InChI=1S/C27H48O2/c1-18(2)7-6-8-19(3)22-9-10-23-21-12-16-27(29)17-20(28)11-15-26(27,5)24(21)13-14-25(22,23)4/h18-24,28-29H,6-17H2,1-5H3/t19-,20-,21?,22?,23?,24?,25+,26+,27?/m0/s1. The van der Waals surface area contributed by atoms with Crippen LogP contribution < -0.4 is 0 Å². The molecule has 4 aliphatic rings. The van der Waals surface area contributed by atoms with E-state index in [4.69, 9.17) is 0 Å². The van der Waals surface area contributed by atoms with E-state index in [2.05, 4.69) is 34.6 Å². The van der Waals surface area contributed by atoms with E-state index in [9.17, 15) is 10.2 Å². The minimum atomic E-state index is -0.623. The van der Waals surface area contributed by atoms with Gasteiger partial charge >= 0.3 is 0 Å². The van der Waals surface area contributed by atoms with Crippen LogP contribution in [-0.2, 0) is 0 Å². The summed E-state index contributed by atoms with van der Waals surface area (Å²) in [7, 11) is 0. The van der Waals surface area contributed by atoms with Crippen molar-refractivity contribution in [3.63, 3.8) is 0 Å². The fraction of sp³-hybridized carbons (Fsp3) is 1.00. The van der Waals surface area contributed by atoms with Gasteiger partial charge in [-0.25, -0.2) is 0 Å². The molecule has 0 amide bonds. The molecule has 0 saturated heterocycles. The molecule has 4 rings (SSSR count). The summed E-state index contributed by atoms with van der Waals surface area (Å²) in [4.78, 5) is 0. The van der Waals surface area contributed by atoms with Crippen molar-refractivity contribution >= 4 is 0 Å². The Bertz CT molecular complexity index is 587. The maximum Gasteiger partial charge on any atom is 0.0728 e. The fourth-order valence-corrected chi connectivity index (χ4v) is 9.25. The summed E-state index contributed by atoms with van der Waals surface area (Å²) in [6.07, 6.45) is 14.1. The smallest absolute Gasteiger partial charge is 0.0728 e. The first-order chi connectivity index (χ1) is 13.6. The monoisotopic (exact) mass is 404 g/mol. The first-order valence-corrected chi connectivity index (χ1v) is 13.0. The number of aliphatic hydroxyl groups excluding tert-OH is 1. The van der Waals surface area contributed by atoms with E-state index in [0.29, 0.717) is 17.8 Å². The lowest BCUT2D eigenvalue weighted by atomic mass is 9.43. The van der Waals surface area contributed by atoms with Crippen LogP contribution in [-0.4, -0.2) is 21.9 Å². The molecule has 0 radical (unpaired) electrons. The summed E-state index contributed by atoms with van der Waals surface area (Å²) in [5.74, 6) is 4.94. The second kappa shape index (κ2) is 7.80.